The van der Waals surface area contributed by atoms with E-state index in [4.69, 9.17) is 0 Å². The number of aliphatic carboxylic acids is 1. The van der Waals surface area contributed by atoms with Crippen molar-refractivity contribution in [2.24, 2.45) is 0 Å². The SMILES string of the molecule is CCCCCCN1CCN(C(=O)NC(C(=O)NC2C(=O)N3C2SC(C)(C)C3C(=O)O)c2ccccc2)C(=O)C1=O. The minimum absolute atomic E-state index is 0.00619. The second-order valence-corrected chi connectivity index (χ2v) is 12.5. The number of amides is 6. The van der Waals surface area contributed by atoms with Crippen LogP contribution in [-0.4, -0.2) is 97.3 Å². The Morgan fingerprint density at radius 2 is 1.75 bits per heavy atom. The molecule has 4 unspecified atom stereocenters. The van der Waals surface area contributed by atoms with Gasteiger partial charge >= 0.3 is 23.8 Å². The number of nitrogens with zero attached hydrogens (tertiary/aromatic N) is 3. The number of urea groups is 1. The van der Waals surface area contributed by atoms with Crippen LogP contribution in [0.3, 0.4) is 0 Å². The molecular formula is C27H35N5O7S. The molecule has 12 nitrogen and oxygen atoms in total. The molecule has 0 radical (unpaired) electrons. The Bertz CT molecular complexity index is 1190. The van der Waals surface area contributed by atoms with E-state index >= 15 is 0 Å². The van der Waals surface area contributed by atoms with Crippen LogP contribution in [-0.2, 0) is 24.0 Å². The van der Waals surface area contributed by atoms with Gasteiger partial charge in [-0.05, 0) is 25.8 Å². The zero-order valence-electron chi connectivity index (χ0n) is 22.8. The number of nitrogens with one attached hydrogen (secondary N) is 2. The molecule has 0 aromatic heterocycles. The quantitative estimate of drug-likeness (QED) is 0.215. The summed E-state index contributed by atoms with van der Waals surface area (Å²) in [7, 11) is 0. The van der Waals surface area contributed by atoms with Crippen LogP contribution in [0.2, 0.25) is 0 Å². The molecule has 3 heterocycles. The fourth-order valence-electron chi connectivity index (χ4n) is 5.34. The van der Waals surface area contributed by atoms with Crippen LogP contribution in [0.25, 0.3) is 0 Å². The van der Waals surface area contributed by atoms with Gasteiger partial charge in [0.1, 0.15) is 23.5 Å². The van der Waals surface area contributed by atoms with Gasteiger partial charge in [-0.15, -0.1) is 11.8 Å². The molecule has 0 saturated carbocycles. The standard InChI is InChI=1S/C27H35N5O7S/c1-4-5-6-10-13-30-14-15-31(23(36)22(30)35)26(39)29-17(16-11-8-7-9-12-16)20(33)28-18-21(34)32-19(25(37)38)27(2,3)40-24(18)32/h7-9,11-12,17-19,24H,4-6,10,13-15H2,1-3H3,(H,28,33)(H,29,39)(H,37,38). The fraction of sp³-hybridized carbons (Fsp3) is 0.556. The molecule has 0 spiro atoms. The number of carboxylic acid groups (broad SMARTS) is 1. The number of piperazine rings is 1. The molecular weight excluding hydrogens is 538 g/mol. The van der Waals surface area contributed by atoms with Crippen molar-refractivity contribution in [1.82, 2.24) is 25.3 Å². The van der Waals surface area contributed by atoms with Gasteiger partial charge < -0.3 is 25.5 Å². The Labute approximate surface area is 236 Å². The van der Waals surface area contributed by atoms with Crippen molar-refractivity contribution in [3.63, 3.8) is 0 Å². The Morgan fingerprint density at radius 1 is 1.05 bits per heavy atom. The number of imide groups is 1. The smallest absolute Gasteiger partial charge is 0.327 e. The Kier molecular flexibility index (Phi) is 8.71. The number of β-lactam (4-membered cyclic amide) rings is 1. The largest absolute Gasteiger partial charge is 0.480 e. The maximum Gasteiger partial charge on any atom is 0.327 e. The third kappa shape index (κ3) is 5.65. The van der Waals surface area contributed by atoms with E-state index in [0.29, 0.717) is 12.1 Å². The minimum Gasteiger partial charge on any atom is -0.480 e. The van der Waals surface area contributed by atoms with Gasteiger partial charge in [0.15, 0.2) is 0 Å². The summed E-state index contributed by atoms with van der Waals surface area (Å²) in [6.07, 6.45) is 3.80. The number of rotatable bonds is 10. The van der Waals surface area contributed by atoms with Crippen molar-refractivity contribution in [1.29, 1.82) is 0 Å². The van der Waals surface area contributed by atoms with Crippen molar-refractivity contribution < 1.29 is 33.9 Å². The second-order valence-electron chi connectivity index (χ2n) is 10.7. The van der Waals surface area contributed by atoms with Crippen LogP contribution in [0.5, 0.6) is 0 Å². The lowest BCUT2D eigenvalue weighted by molar-refractivity contribution is -0.161. The molecule has 6 amide bonds. The highest BCUT2D eigenvalue weighted by molar-refractivity contribution is 8.01. The minimum atomic E-state index is -1.26. The van der Waals surface area contributed by atoms with Gasteiger partial charge in [-0.1, -0.05) is 56.5 Å². The molecule has 3 fully saturated rings. The van der Waals surface area contributed by atoms with E-state index in [1.807, 2.05) is 0 Å². The average Bonchev–Trinajstić information content (AvgIpc) is 3.18. The first kappa shape index (κ1) is 29.4. The maximum absolute atomic E-state index is 13.4. The van der Waals surface area contributed by atoms with Crippen molar-refractivity contribution in [2.45, 2.75) is 74.7 Å². The van der Waals surface area contributed by atoms with E-state index in [0.717, 1.165) is 30.6 Å². The van der Waals surface area contributed by atoms with E-state index in [1.165, 1.54) is 21.6 Å². The van der Waals surface area contributed by atoms with Crippen LogP contribution < -0.4 is 10.6 Å². The van der Waals surface area contributed by atoms with Crippen molar-refractivity contribution in [3.05, 3.63) is 35.9 Å². The summed E-state index contributed by atoms with van der Waals surface area (Å²) in [4.78, 5) is 80.2. The Hall–Kier alpha value is -3.61. The molecule has 216 valence electrons. The van der Waals surface area contributed by atoms with Gasteiger partial charge in [0.2, 0.25) is 11.8 Å². The van der Waals surface area contributed by atoms with Gasteiger partial charge in [0, 0.05) is 24.4 Å². The molecule has 3 saturated heterocycles. The Morgan fingerprint density at radius 3 is 2.40 bits per heavy atom. The van der Waals surface area contributed by atoms with Crippen molar-refractivity contribution >= 4 is 47.4 Å². The molecule has 1 aromatic carbocycles. The molecule has 3 aliphatic rings. The summed E-state index contributed by atoms with van der Waals surface area (Å²) in [5.74, 6) is -4.04. The molecule has 4 rings (SSSR count). The van der Waals surface area contributed by atoms with E-state index in [-0.39, 0.29) is 13.1 Å². The highest BCUT2D eigenvalue weighted by Gasteiger charge is 2.64. The summed E-state index contributed by atoms with van der Waals surface area (Å²) >= 11 is 1.29. The summed E-state index contributed by atoms with van der Waals surface area (Å²) in [6.45, 7) is 6.19. The number of benzene rings is 1. The lowest BCUT2D eigenvalue weighted by Crippen LogP contribution is -2.71. The summed E-state index contributed by atoms with van der Waals surface area (Å²) in [5.41, 5.74) is 0.410. The Balaban J connectivity index is 1.44. The van der Waals surface area contributed by atoms with Crippen molar-refractivity contribution in [2.75, 3.05) is 19.6 Å². The average molecular weight is 574 g/mol. The normalized spacial score (nSPS) is 24.3. The lowest BCUT2D eigenvalue weighted by Gasteiger charge is -2.44. The predicted octanol–water partition coefficient (Wildman–Crippen LogP) is 1.32. The second kappa shape index (κ2) is 11.9. The number of hydrogen-bond acceptors (Lipinski definition) is 7. The number of hydrogen-bond donors (Lipinski definition) is 3. The van der Waals surface area contributed by atoms with Gasteiger partial charge in [-0.2, -0.15) is 0 Å². The topological polar surface area (TPSA) is 156 Å². The fourth-order valence-corrected chi connectivity index (χ4v) is 6.97. The third-order valence-corrected chi connectivity index (χ3v) is 9.04. The molecule has 13 heteroatoms. The monoisotopic (exact) mass is 573 g/mol. The van der Waals surface area contributed by atoms with E-state index in [2.05, 4.69) is 17.6 Å². The zero-order valence-corrected chi connectivity index (χ0v) is 23.6. The molecule has 3 N–H and O–H groups in total. The highest BCUT2D eigenvalue weighted by atomic mass is 32.2. The highest BCUT2D eigenvalue weighted by Crippen LogP contribution is 2.50. The summed E-state index contributed by atoms with van der Waals surface area (Å²) < 4.78 is -0.760. The van der Waals surface area contributed by atoms with Crippen LogP contribution in [0, 0.1) is 0 Å². The first-order valence-corrected chi connectivity index (χ1v) is 14.3. The first-order valence-electron chi connectivity index (χ1n) is 13.5. The van der Waals surface area contributed by atoms with E-state index in [1.54, 1.807) is 44.2 Å². The van der Waals surface area contributed by atoms with Crippen molar-refractivity contribution in [3.8, 4) is 0 Å². The van der Waals surface area contributed by atoms with E-state index < -0.39 is 63.9 Å². The van der Waals surface area contributed by atoms with Gasteiger partial charge in [-0.25, -0.2) is 9.59 Å². The summed E-state index contributed by atoms with van der Waals surface area (Å²) in [5, 5.41) is 14.3. The van der Waals surface area contributed by atoms with Crippen LogP contribution in [0.4, 0.5) is 4.79 Å². The van der Waals surface area contributed by atoms with Gasteiger partial charge in [-0.3, -0.25) is 24.1 Å². The van der Waals surface area contributed by atoms with Crippen LogP contribution >= 0.6 is 11.8 Å². The number of carboxylic acids is 1. The number of carbonyl (C=O) groups excluding carboxylic acids is 5. The molecule has 1 aromatic rings. The van der Waals surface area contributed by atoms with Crippen LogP contribution in [0.1, 0.15) is 58.1 Å². The molecule has 0 aliphatic carbocycles. The first-order chi connectivity index (χ1) is 19.0. The van der Waals surface area contributed by atoms with Crippen LogP contribution in [0.15, 0.2) is 30.3 Å². The third-order valence-electron chi connectivity index (χ3n) is 7.47. The number of unbranched alkanes of at least 4 members (excludes halogenated alkanes) is 3. The lowest BCUT2D eigenvalue weighted by atomic mass is 9.95. The number of fused-ring (bicyclic) bond motifs is 1. The maximum atomic E-state index is 13.4. The summed E-state index contributed by atoms with van der Waals surface area (Å²) in [6, 6.07) is 4.18. The predicted molar refractivity (Wildman–Crippen MR) is 146 cm³/mol. The molecule has 40 heavy (non-hydrogen) atoms. The number of carbonyl (C=O) groups is 6. The van der Waals surface area contributed by atoms with Gasteiger partial charge in [0.05, 0.1) is 0 Å². The molecule has 0 bridgehead atoms. The molecule has 4 atom stereocenters. The number of thioether (sulfide) groups is 1. The van der Waals surface area contributed by atoms with E-state index in [9.17, 15) is 33.9 Å². The molecule has 3 aliphatic heterocycles. The van der Waals surface area contributed by atoms with Gasteiger partial charge in [0.25, 0.3) is 0 Å². The zero-order chi connectivity index (χ0) is 29.2.